The van der Waals surface area contributed by atoms with E-state index in [0.717, 1.165) is 17.4 Å². The van der Waals surface area contributed by atoms with Gasteiger partial charge in [-0.05, 0) is 43.2 Å². The number of nitrogens with zero attached hydrogens (tertiary/aromatic N) is 4. The van der Waals surface area contributed by atoms with E-state index in [-0.39, 0.29) is 11.4 Å². The fourth-order valence-electron chi connectivity index (χ4n) is 4.12. The number of carbonyl (C=O) groups excluding carboxylic acids is 1. The van der Waals surface area contributed by atoms with Crippen LogP contribution in [0.3, 0.4) is 0 Å². The summed E-state index contributed by atoms with van der Waals surface area (Å²) in [7, 11) is -3.72. The van der Waals surface area contributed by atoms with E-state index in [1.165, 1.54) is 40.2 Å². The average Bonchev–Trinajstić information content (AvgIpc) is 3.61. The Morgan fingerprint density at radius 2 is 1.82 bits per heavy atom. The summed E-state index contributed by atoms with van der Waals surface area (Å²) < 4.78 is 39.2. The predicted molar refractivity (Wildman–Crippen MR) is 117 cm³/mol. The van der Waals surface area contributed by atoms with Crippen LogP contribution < -0.4 is 5.56 Å². The largest absolute Gasteiger partial charge is 0.467 e. The van der Waals surface area contributed by atoms with Gasteiger partial charge in [0.05, 0.1) is 17.4 Å². The topological polar surface area (TPSA) is 118 Å². The Bertz CT molecular complexity index is 1340. The molecule has 1 saturated heterocycles. The molecule has 5 heterocycles. The lowest BCUT2D eigenvalue weighted by molar-refractivity contribution is -0.134. The van der Waals surface area contributed by atoms with Crippen LogP contribution in [0.4, 0.5) is 0 Å². The first-order valence-corrected chi connectivity index (χ1v) is 12.0. The van der Waals surface area contributed by atoms with Crippen molar-refractivity contribution in [2.75, 3.05) is 13.1 Å². The summed E-state index contributed by atoms with van der Waals surface area (Å²) in [5.41, 5.74) is 0.0974. The van der Waals surface area contributed by atoms with Crippen molar-refractivity contribution in [2.45, 2.75) is 36.7 Å². The first-order chi connectivity index (χ1) is 15.9. The third-order valence-electron chi connectivity index (χ3n) is 5.81. The van der Waals surface area contributed by atoms with Crippen molar-refractivity contribution in [3.63, 3.8) is 0 Å². The number of hydrogen-bond acceptors (Lipinski definition) is 7. The molecular weight excluding hydrogens is 448 g/mol. The molecule has 0 aliphatic carbocycles. The second-order valence-corrected chi connectivity index (χ2v) is 9.88. The standard InChI is InChI=1S/C22H22N4O6S/c27-21-8-7-16(33(29,30)25-9-1-2-10-25)14-24(21)15-22(28)26-18(20-6-4-12-32-20)13-17(23-26)19-5-3-11-31-19/h3-8,11-12,14,18H,1-2,9-10,13,15H2. The first-order valence-electron chi connectivity index (χ1n) is 10.6. The Kier molecular flexibility index (Phi) is 5.51. The Morgan fingerprint density at radius 1 is 1.06 bits per heavy atom. The summed E-state index contributed by atoms with van der Waals surface area (Å²) in [4.78, 5) is 25.7. The van der Waals surface area contributed by atoms with E-state index in [4.69, 9.17) is 8.83 Å². The lowest BCUT2D eigenvalue weighted by Gasteiger charge is -2.21. The summed E-state index contributed by atoms with van der Waals surface area (Å²) >= 11 is 0. The lowest BCUT2D eigenvalue weighted by Crippen LogP contribution is -2.34. The van der Waals surface area contributed by atoms with Crippen molar-refractivity contribution in [1.29, 1.82) is 0 Å². The molecule has 3 aromatic heterocycles. The third-order valence-corrected chi connectivity index (χ3v) is 7.69. The van der Waals surface area contributed by atoms with Crippen LogP contribution in [0.5, 0.6) is 0 Å². The molecule has 3 aromatic rings. The van der Waals surface area contributed by atoms with Gasteiger partial charge in [-0.1, -0.05) is 0 Å². The van der Waals surface area contributed by atoms with E-state index < -0.39 is 27.5 Å². The van der Waals surface area contributed by atoms with E-state index >= 15 is 0 Å². The minimum Gasteiger partial charge on any atom is -0.467 e. The van der Waals surface area contributed by atoms with Crippen LogP contribution in [0.2, 0.25) is 0 Å². The van der Waals surface area contributed by atoms with Gasteiger partial charge in [-0.25, -0.2) is 13.4 Å². The number of rotatable bonds is 6. The highest BCUT2D eigenvalue weighted by atomic mass is 32.2. The van der Waals surface area contributed by atoms with E-state index in [0.29, 0.717) is 36.7 Å². The van der Waals surface area contributed by atoms with Gasteiger partial charge in [0.2, 0.25) is 10.0 Å². The summed E-state index contributed by atoms with van der Waals surface area (Å²) in [6, 6.07) is 8.91. The second-order valence-electron chi connectivity index (χ2n) is 7.94. The Labute approximate surface area is 189 Å². The molecule has 1 atom stereocenters. The van der Waals surface area contributed by atoms with Gasteiger partial charge in [0.15, 0.2) is 0 Å². The maximum atomic E-state index is 13.2. The van der Waals surface area contributed by atoms with Crippen molar-refractivity contribution >= 4 is 21.6 Å². The molecule has 33 heavy (non-hydrogen) atoms. The van der Waals surface area contributed by atoms with Crippen LogP contribution in [0.15, 0.2) is 78.7 Å². The van der Waals surface area contributed by atoms with Gasteiger partial charge in [-0.2, -0.15) is 9.41 Å². The second kappa shape index (κ2) is 8.49. The maximum Gasteiger partial charge on any atom is 0.263 e. The number of aromatic nitrogens is 1. The summed E-state index contributed by atoms with van der Waals surface area (Å²) in [5, 5.41) is 5.70. The molecular formula is C22H22N4O6S. The monoisotopic (exact) mass is 470 g/mol. The lowest BCUT2D eigenvalue weighted by atomic mass is 10.1. The van der Waals surface area contributed by atoms with Crippen LogP contribution in [0.1, 0.15) is 36.8 Å². The fraction of sp³-hybridized carbons (Fsp3) is 0.318. The number of pyridine rings is 1. The number of sulfonamides is 1. The van der Waals surface area contributed by atoms with E-state index in [9.17, 15) is 18.0 Å². The molecule has 172 valence electrons. The van der Waals surface area contributed by atoms with E-state index in [1.54, 1.807) is 24.3 Å². The molecule has 10 nitrogen and oxygen atoms in total. The number of carbonyl (C=O) groups is 1. The molecule has 0 spiro atoms. The zero-order chi connectivity index (χ0) is 23.0. The molecule has 0 radical (unpaired) electrons. The Morgan fingerprint density at radius 3 is 2.52 bits per heavy atom. The predicted octanol–water partition coefficient (Wildman–Crippen LogP) is 2.20. The van der Waals surface area contributed by atoms with Crippen molar-refractivity contribution in [1.82, 2.24) is 13.9 Å². The molecule has 0 aromatic carbocycles. The molecule has 2 aliphatic rings. The molecule has 1 fully saturated rings. The van der Waals surface area contributed by atoms with Crippen LogP contribution >= 0.6 is 0 Å². The molecule has 5 rings (SSSR count). The third kappa shape index (κ3) is 4.05. The molecule has 11 heteroatoms. The summed E-state index contributed by atoms with van der Waals surface area (Å²) in [6.07, 6.45) is 6.25. The Balaban J connectivity index is 1.43. The molecule has 0 bridgehead atoms. The van der Waals surface area contributed by atoms with Gasteiger partial charge in [-0.3, -0.25) is 9.59 Å². The van der Waals surface area contributed by atoms with Gasteiger partial charge in [0.1, 0.15) is 29.8 Å². The van der Waals surface area contributed by atoms with Crippen LogP contribution in [0, 0.1) is 0 Å². The smallest absolute Gasteiger partial charge is 0.263 e. The van der Waals surface area contributed by atoms with Gasteiger partial charge in [0.25, 0.3) is 11.5 Å². The number of amides is 1. The van der Waals surface area contributed by atoms with Crippen molar-refractivity contribution in [2.24, 2.45) is 5.10 Å². The van der Waals surface area contributed by atoms with Crippen LogP contribution in [-0.4, -0.2) is 47.0 Å². The molecule has 1 amide bonds. The van der Waals surface area contributed by atoms with Crippen molar-refractivity contribution in [3.05, 3.63) is 77.0 Å². The molecule has 1 unspecified atom stereocenters. The zero-order valence-corrected chi connectivity index (χ0v) is 18.5. The van der Waals surface area contributed by atoms with Crippen LogP contribution in [-0.2, 0) is 21.4 Å². The first kappa shape index (κ1) is 21.4. The van der Waals surface area contributed by atoms with Gasteiger partial charge in [0, 0.05) is 31.8 Å². The Hall–Kier alpha value is -3.44. The van der Waals surface area contributed by atoms with Gasteiger partial charge in [-0.15, -0.1) is 0 Å². The highest BCUT2D eigenvalue weighted by Gasteiger charge is 2.36. The maximum absolute atomic E-state index is 13.2. The minimum atomic E-state index is -3.72. The van der Waals surface area contributed by atoms with Gasteiger partial charge >= 0.3 is 0 Å². The van der Waals surface area contributed by atoms with Gasteiger partial charge < -0.3 is 13.4 Å². The highest BCUT2D eigenvalue weighted by Crippen LogP contribution is 2.33. The highest BCUT2D eigenvalue weighted by molar-refractivity contribution is 7.89. The van der Waals surface area contributed by atoms with E-state index in [2.05, 4.69) is 5.10 Å². The van der Waals surface area contributed by atoms with Crippen molar-refractivity contribution < 1.29 is 22.0 Å². The number of hydrazone groups is 1. The molecule has 0 N–H and O–H groups in total. The quantitative estimate of drug-likeness (QED) is 0.545. The molecule has 0 saturated carbocycles. The van der Waals surface area contributed by atoms with E-state index in [1.807, 2.05) is 0 Å². The SMILES string of the molecule is O=C(Cn1cc(S(=O)(=O)N2CCCC2)ccc1=O)N1N=C(c2ccco2)CC1c1ccco1. The zero-order valence-electron chi connectivity index (χ0n) is 17.7. The summed E-state index contributed by atoms with van der Waals surface area (Å²) in [6.45, 7) is 0.529. The number of hydrogen-bond donors (Lipinski definition) is 0. The van der Waals surface area contributed by atoms with Crippen LogP contribution in [0.25, 0.3) is 0 Å². The summed E-state index contributed by atoms with van der Waals surface area (Å²) in [5.74, 6) is 0.611. The fourth-order valence-corrected chi connectivity index (χ4v) is 5.65. The molecule has 2 aliphatic heterocycles. The normalized spacial score (nSPS) is 19.2. The van der Waals surface area contributed by atoms with Crippen molar-refractivity contribution in [3.8, 4) is 0 Å². The average molecular weight is 471 g/mol. The number of furan rings is 2. The minimum absolute atomic E-state index is 0.0133.